The van der Waals surface area contributed by atoms with E-state index in [-0.39, 0.29) is 5.52 Å². The topological polar surface area (TPSA) is 30.7 Å². The molecule has 0 unspecified atom stereocenters. The highest BCUT2D eigenvalue weighted by atomic mass is 19.2. The van der Waals surface area contributed by atoms with E-state index in [1.54, 1.807) is 24.0 Å². The van der Waals surface area contributed by atoms with E-state index in [1.807, 2.05) is 13.0 Å². The Hall–Kier alpha value is -2.30. The maximum absolute atomic E-state index is 13.8. The number of imidazole rings is 1. The molecule has 2 heterocycles. The molecule has 0 saturated heterocycles. The standard InChI is InChI=1S/C14H11F2N3/c1-8-5-6-17-7-9(8)14-18-11-4-3-10(15)12(16)13(11)19(14)2/h3-7H,1-2H3. The molecule has 5 heteroatoms. The lowest BCUT2D eigenvalue weighted by molar-refractivity contribution is 0.513. The van der Waals surface area contributed by atoms with Gasteiger partial charge in [0.2, 0.25) is 0 Å². The van der Waals surface area contributed by atoms with Gasteiger partial charge in [0, 0.05) is 25.0 Å². The number of halogens is 2. The second kappa shape index (κ2) is 4.12. The molecule has 19 heavy (non-hydrogen) atoms. The lowest BCUT2D eigenvalue weighted by Crippen LogP contribution is -1.97. The monoisotopic (exact) mass is 259 g/mol. The molecule has 1 aromatic carbocycles. The Balaban J connectivity index is 2.36. The lowest BCUT2D eigenvalue weighted by atomic mass is 10.1. The molecule has 0 aliphatic carbocycles. The number of aryl methyl sites for hydroxylation is 2. The first-order valence-corrected chi connectivity index (χ1v) is 5.81. The van der Waals surface area contributed by atoms with Crippen molar-refractivity contribution in [3.8, 4) is 11.4 Å². The van der Waals surface area contributed by atoms with Crippen LogP contribution in [0.1, 0.15) is 5.56 Å². The molecule has 3 rings (SSSR count). The summed E-state index contributed by atoms with van der Waals surface area (Å²) < 4.78 is 28.7. The fraction of sp³-hybridized carbons (Fsp3) is 0.143. The van der Waals surface area contributed by atoms with Gasteiger partial charge in [0.05, 0.1) is 5.52 Å². The summed E-state index contributed by atoms with van der Waals surface area (Å²) in [5.41, 5.74) is 2.38. The van der Waals surface area contributed by atoms with Crippen LogP contribution in [0.5, 0.6) is 0 Å². The highest BCUT2D eigenvalue weighted by Gasteiger charge is 2.17. The van der Waals surface area contributed by atoms with Crippen LogP contribution in [-0.4, -0.2) is 14.5 Å². The van der Waals surface area contributed by atoms with E-state index in [1.165, 1.54) is 6.07 Å². The predicted molar refractivity (Wildman–Crippen MR) is 68.6 cm³/mol. The zero-order chi connectivity index (χ0) is 13.6. The Morgan fingerprint density at radius 3 is 2.68 bits per heavy atom. The fourth-order valence-electron chi connectivity index (χ4n) is 2.17. The van der Waals surface area contributed by atoms with Crippen molar-refractivity contribution in [1.82, 2.24) is 14.5 Å². The van der Waals surface area contributed by atoms with E-state index in [0.717, 1.165) is 17.2 Å². The molecule has 0 N–H and O–H groups in total. The Bertz CT molecular complexity index is 778. The Labute approximate surface area is 108 Å². The third-order valence-corrected chi connectivity index (χ3v) is 3.21. The molecule has 2 aromatic heterocycles. The van der Waals surface area contributed by atoms with Gasteiger partial charge in [0.25, 0.3) is 0 Å². The Morgan fingerprint density at radius 2 is 1.95 bits per heavy atom. The minimum absolute atomic E-state index is 0.165. The average Bonchev–Trinajstić information content (AvgIpc) is 2.73. The smallest absolute Gasteiger partial charge is 0.184 e. The highest BCUT2D eigenvalue weighted by Crippen LogP contribution is 2.27. The number of rotatable bonds is 1. The van der Waals surface area contributed by atoms with Crippen LogP contribution in [0.4, 0.5) is 8.78 Å². The van der Waals surface area contributed by atoms with E-state index < -0.39 is 11.6 Å². The third kappa shape index (κ3) is 1.69. The number of nitrogens with zero attached hydrogens (tertiary/aromatic N) is 3. The molecule has 0 bridgehead atoms. The maximum Gasteiger partial charge on any atom is 0.184 e. The molecule has 0 radical (unpaired) electrons. The summed E-state index contributed by atoms with van der Waals surface area (Å²) in [5, 5.41) is 0. The molecule has 0 fully saturated rings. The van der Waals surface area contributed by atoms with Crippen LogP contribution in [-0.2, 0) is 7.05 Å². The number of benzene rings is 1. The van der Waals surface area contributed by atoms with Crippen LogP contribution in [0.15, 0.2) is 30.6 Å². The van der Waals surface area contributed by atoms with Gasteiger partial charge in [0.1, 0.15) is 11.3 Å². The Kier molecular flexibility index (Phi) is 2.55. The lowest BCUT2D eigenvalue weighted by Gasteiger charge is -2.05. The maximum atomic E-state index is 13.8. The van der Waals surface area contributed by atoms with Crippen LogP contribution >= 0.6 is 0 Å². The largest absolute Gasteiger partial charge is 0.325 e. The average molecular weight is 259 g/mol. The SMILES string of the molecule is Cc1ccncc1-c1nc2ccc(F)c(F)c2n1C. The molecule has 0 amide bonds. The molecule has 0 aliphatic heterocycles. The summed E-state index contributed by atoms with van der Waals surface area (Å²) in [4.78, 5) is 8.41. The molecule has 0 saturated carbocycles. The van der Waals surface area contributed by atoms with Gasteiger partial charge in [-0.05, 0) is 30.7 Å². The van der Waals surface area contributed by atoms with Gasteiger partial charge in [-0.2, -0.15) is 0 Å². The van der Waals surface area contributed by atoms with Crippen molar-refractivity contribution in [3.05, 3.63) is 47.8 Å². The van der Waals surface area contributed by atoms with Crippen LogP contribution < -0.4 is 0 Å². The van der Waals surface area contributed by atoms with Crippen molar-refractivity contribution in [1.29, 1.82) is 0 Å². The van der Waals surface area contributed by atoms with Crippen LogP contribution in [0, 0.1) is 18.6 Å². The van der Waals surface area contributed by atoms with Crippen molar-refractivity contribution < 1.29 is 8.78 Å². The molecule has 0 spiro atoms. The van der Waals surface area contributed by atoms with Gasteiger partial charge in [-0.25, -0.2) is 13.8 Å². The second-order valence-electron chi connectivity index (χ2n) is 4.41. The first-order valence-electron chi connectivity index (χ1n) is 5.81. The van der Waals surface area contributed by atoms with Gasteiger partial charge in [0.15, 0.2) is 11.6 Å². The summed E-state index contributed by atoms with van der Waals surface area (Å²) in [6, 6.07) is 4.42. The molecule has 96 valence electrons. The van der Waals surface area contributed by atoms with E-state index in [4.69, 9.17) is 0 Å². The van der Waals surface area contributed by atoms with Crippen LogP contribution in [0.2, 0.25) is 0 Å². The third-order valence-electron chi connectivity index (χ3n) is 3.21. The molecule has 0 atom stereocenters. The first kappa shape index (κ1) is 11.8. The minimum atomic E-state index is -0.875. The first-order chi connectivity index (χ1) is 9.09. The number of aromatic nitrogens is 3. The number of fused-ring (bicyclic) bond motifs is 1. The van der Waals surface area contributed by atoms with Crippen molar-refractivity contribution in [2.75, 3.05) is 0 Å². The second-order valence-corrected chi connectivity index (χ2v) is 4.41. The number of hydrogen-bond donors (Lipinski definition) is 0. The van der Waals surface area contributed by atoms with E-state index in [9.17, 15) is 8.78 Å². The molecular formula is C14H11F2N3. The molecular weight excluding hydrogens is 248 g/mol. The number of hydrogen-bond acceptors (Lipinski definition) is 2. The summed E-state index contributed by atoms with van der Waals surface area (Å²) >= 11 is 0. The van der Waals surface area contributed by atoms with Gasteiger partial charge < -0.3 is 4.57 Å². The normalized spacial score (nSPS) is 11.2. The van der Waals surface area contributed by atoms with Crippen molar-refractivity contribution in [3.63, 3.8) is 0 Å². The predicted octanol–water partition coefficient (Wildman–Crippen LogP) is 3.22. The molecule has 3 aromatic rings. The van der Waals surface area contributed by atoms with Gasteiger partial charge in [-0.15, -0.1) is 0 Å². The zero-order valence-electron chi connectivity index (χ0n) is 10.5. The zero-order valence-corrected chi connectivity index (χ0v) is 10.5. The van der Waals surface area contributed by atoms with Crippen LogP contribution in [0.25, 0.3) is 22.4 Å². The van der Waals surface area contributed by atoms with Crippen molar-refractivity contribution in [2.24, 2.45) is 7.05 Å². The fourth-order valence-corrected chi connectivity index (χ4v) is 2.17. The van der Waals surface area contributed by atoms with E-state index >= 15 is 0 Å². The quantitative estimate of drug-likeness (QED) is 0.671. The number of pyridine rings is 1. The minimum Gasteiger partial charge on any atom is -0.325 e. The van der Waals surface area contributed by atoms with Gasteiger partial charge >= 0.3 is 0 Å². The summed E-state index contributed by atoms with van der Waals surface area (Å²) in [5.74, 6) is -1.17. The Morgan fingerprint density at radius 1 is 1.16 bits per heavy atom. The van der Waals surface area contributed by atoms with Crippen molar-refractivity contribution in [2.45, 2.75) is 6.92 Å². The van der Waals surface area contributed by atoms with Gasteiger partial charge in [-0.3, -0.25) is 4.98 Å². The molecule has 0 aliphatic rings. The highest BCUT2D eigenvalue weighted by molar-refractivity contribution is 5.81. The summed E-state index contributed by atoms with van der Waals surface area (Å²) in [7, 11) is 1.67. The van der Waals surface area contributed by atoms with E-state index in [0.29, 0.717) is 11.3 Å². The van der Waals surface area contributed by atoms with Crippen LogP contribution in [0.3, 0.4) is 0 Å². The van der Waals surface area contributed by atoms with Gasteiger partial charge in [-0.1, -0.05) is 0 Å². The van der Waals surface area contributed by atoms with E-state index in [2.05, 4.69) is 9.97 Å². The molecule has 3 nitrogen and oxygen atoms in total. The van der Waals surface area contributed by atoms with Crippen molar-refractivity contribution >= 4 is 11.0 Å². The summed E-state index contributed by atoms with van der Waals surface area (Å²) in [6.45, 7) is 1.92. The summed E-state index contributed by atoms with van der Waals surface area (Å²) in [6.07, 6.45) is 3.35.